The number of phenolic OH excluding ortho intramolecular Hbond substituents is 1. The second kappa shape index (κ2) is 6.89. The first-order valence-corrected chi connectivity index (χ1v) is 9.08. The Bertz CT molecular complexity index is 729. The summed E-state index contributed by atoms with van der Waals surface area (Å²) < 4.78 is 0. The van der Waals surface area contributed by atoms with Gasteiger partial charge in [0.05, 0.1) is 5.92 Å². The van der Waals surface area contributed by atoms with Crippen LogP contribution in [0.1, 0.15) is 36.4 Å². The molecule has 0 aromatic heterocycles. The molecule has 2 aromatic carbocycles. The minimum atomic E-state index is 0.0600. The average Bonchev–Trinajstić information content (AvgIpc) is 3.24. The summed E-state index contributed by atoms with van der Waals surface area (Å²) in [5, 5.41) is 12.5. The van der Waals surface area contributed by atoms with E-state index in [1.54, 1.807) is 12.1 Å². The highest BCUT2D eigenvalue weighted by Crippen LogP contribution is 2.44. The smallest absolute Gasteiger partial charge is 0.225 e. The van der Waals surface area contributed by atoms with Gasteiger partial charge >= 0.3 is 0 Å². The van der Waals surface area contributed by atoms with E-state index < -0.39 is 0 Å². The number of nitrogens with one attached hydrogen (secondary N) is 1. The molecule has 0 unspecified atom stereocenters. The van der Waals surface area contributed by atoms with E-state index in [9.17, 15) is 9.90 Å². The molecule has 2 aliphatic heterocycles. The SMILES string of the molecule is O=C(NCc1ccc(O)cc1)[C@@H]1C[C@H](c2ccccc2)N2CCC[C@@H]12. The minimum Gasteiger partial charge on any atom is -0.508 e. The molecule has 1 amide bonds. The number of fused-ring (bicyclic) bond motifs is 1. The van der Waals surface area contributed by atoms with E-state index >= 15 is 0 Å². The average molecular weight is 336 g/mol. The van der Waals surface area contributed by atoms with Crippen LogP contribution >= 0.6 is 0 Å². The maximum Gasteiger partial charge on any atom is 0.225 e. The van der Waals surface area contributed by atoms with E-state index in [1.807, 2.05) is 18.2 Å². The molecule has 4 heteroatoms. The second-order valence-corrected chi connectivity index (χ2v) is 7.10. The van der Waals surface area contributed by atoms with Crippen molar-refractivity contribution in [3.8, 4) is 5.75 Å². The Kier molecular flexibility index (Phi) is 4.45. The fraction of sp³-hybridized carbons (Fsp3) is 0.381. The minimum absolute atomic E-state index is 0.0600. The summed E-state index contributed by atoms with van der Waals surface area (Å²) in [5.74, 6) is 0.464. The molecule has 0 radical (unpaired) electrons. The van der Waals surface area contributed by atoms with Gasteiger partial charge < -0.3 is 10.4 Å². The van der Waals surface area contributed by atoms with Crippen LogP contribution < -0.4 is 5.32 Å². The fourth-order valence-corrected chi connectivity index (χ4v) is 4.39. The summed E-state index contributed by atoms with van der Waals surface area (Å²) in [6, 6.07) is 18.3. The molecule has 2 N–H and O–H groups in total. The monoisotopic (exact) mass is 336 g/mol. The lowest BCUT2D eigenvalue weighted by molar-refractivity contribution is -0.125. The number of hydrogen-bond acceptors (Lipinski definition) is 3. The first-order valence-electron chi connectivity index (χ1n) is 9.08. The van der Waals surface area contributed by atoms with Gasteiger partial charge in [-0.2, -0.15) is 0 Å². The van der Waals surface area contributed by atoms with Crippen molar-refractivity contribution in [2.24, 2.45) is 5.92 Å². The van der Waals surface area contributed by atoms with Gasteiger partial charge in [0.1, 0.15) is 5.75 Å². The number of carbonyl (C=O) groups excluding carboxylic acids is 1. The number of hydrogen-bond donors (Lipinski definition) is 2. The normalized spacial score (nSPS) is 25.7. The summed E-state index contributed by atoms with van der Waals surface area (Å²) in [5.41, 5.74) is 2.33. The number of phenols is 1. The van der Waals surface area contributed by atoms with Gasteiger partial charge in [0.15, 0.2) is 0 Å². The van der Waals surface area contributed by atoms with Gasteiger partial charge in [-0.1, -0.05) is 42.5 Å². The summed E-state index contributed by atoms with van der Waals surface area (Å²) in [6.45, 7) is 1.60. The summed E-state index contributed by atoms with van der Waals surface area (Å²) >= 11 is 0. The van der Waals surface area contributed by atoms with Gasteiger partial charge in [-0.25, -0.2) is 0 Å². The Hall–Kier alpha value is -2.33. The van der Waals surface area contributed by atoms with Crippen LogP contribution in [0.2, 0.25) is 0 Å². The van der Waals surface area contributed by atoms with E-state index in [0.717, 1.165) is 24.9 Å². The van der Waals surface area contributed by atoms with Crippen LogP contribution in [-0.2, 0) is 11.3 Å². The Morgan fingerprint density at radius 2 is 1.88 bits per heavy atom. The van der Waals surface area contributed by atoms with Crippen LogP contribution in [0.4, 0.5) is 0 Å². The van der Waals surface area contributed by atoms with Crippen LogP contribution in [0, 0.1) is 5.92 Å². The third-order valence-electron chi connectivity index (χ3n) is 5.61. The standard InChI is InChI=1S/C21H24N2O2/c24-17-10-8-15(9-11-17)14-22-21(25)18-13-20(16-5-2-1-3-6-16)23-12-4-7-19(18)23/h1-3,5-6,8-11,18-20,24H,4,7,12-14H2,(H,22,25)/t18-,19+,20-/m1/s1. The predicted molar refractivity (Wildman–Crippen MR) is 97.0 cm³/mol. The molecule has 4 nitrogen and oxygen atoms in total. The molecule has 0 spiro atoms. The number of rotatable bonds is 4. The largest absolute Gasteiger partial charge is 0.508 e. The lowest BCUT2D eigenvalue weighted by atomic mass is 9.93. The van der Waals surface area contributed by atoms with Crippen molar-refractivity contribution < 1.29 is 9.90 Å². The number of nitrogens with zero attached hydrogens (tertiary/aromatic N) is 1. The van der Waals surface area contributed by atoms with Crippen LogP contribution in [0.3, 0.4) is 0 Å². The first kappa shape index (κ1) is 16.2. The van der Waals surface area contributed by atoms with Crippen molar-refractivity contribution >= 4 is 5.91 Å². The molecule has 2 aliphatic rings. The van der Waals surface area contributed by atoms with Gasteiger partial charge in [0.25, 0.3) is 0 Å². The molecule has 2 heterocycles. The van der Waals surface area contributed by atoms with E-state index in [1.165, 1.54) is 12.0 Å². The topological polar surface area (TPSA) is 52.6 Å². The van der Waals surface area contributed by atoms with E-state index in [0.29, 0.717) is 18.6 Å². The lowest BCUT2D eigenvalue weighted by Gasteiger charge is -2.24. The molecule has 0 saturated carbocycles. The molecule has 3 atom stereocenters. The second-order valence-electron chi connectivity index (χ2n) is 7.10. The van der Waals surface area contributed by atoms with Gasteiger partial charge in [-0.15, -0.1) is 0 Å². The van der Waals surface area contributed by atoms with Gasteiger partial charge in [0.2, 0.25) is 5.91 Å². The Morgan fingerprint density at radius 3 is 2.64 bits per heavy atom. The zero-order valence-corrected chi connectivity index (χ0v) is 14.3. The maximum atomic E-state index is 12.8. The lowest BCUT2D eigenvalue weighted by Crippen LogP contribution is -2.37. The van der Waals surface area contributed by atoms with Gasteiger partial charge in [-0.05, 0) is 49.1 Å². The molecule has 130 valence electrons. The van der Waals surface area contributed by atoms with Crippen molar-refractivity contribution in [2.75, 3.05) is 6.54 Å². The van der Waals surface area contributed by atoms with Crippen LogP contribution in [0.25, 0.3) is 0 Å². The molecule has 0 bridgehead atoms. The maximum absolute atomic E-state index is 12.8. The third kappa shape index (κ3) is 3.27. The van der Waals surface area contributed by atoms with E-state index in [-0.39, 0.29) is 17.6 Å². The predicted octanol–water partition coefficient (Wildman–Crippen LogP) is 3.23. The fourth-order valence-electron chi connectivity index (χ4n) is 4.39. The molecular formula is C21H24N2O2. The molecular weight excluding hydrogens is 312 g/mol. The number of aromatic hydroxyl groups is 1. The number of carbonyl (C=O) groups is 1. The van der Waals surface area contributed by atoms with Gasteiger partial charge in [-0.3, -0.25) is 9.69 Å². The Labute approximate surface area is 148 Å². The van der Waals surface area contributed by atoms with Crippen LogP contribution in [0.5, 0.6) is 5.75 Å². The highest BCUT2D eigenvalue weighted by Gasteiger charge is 2.46. The molecule has 2 aromatic rings. The highest BCUT2D eigenvalue weighted by molar-refractivity contribution is 5.80. The van der Waals surface area contributed by atoms with Crippen molar-refractivity contribution in [3.05, 3.63) is 65.7 Å². The summed E-state index contributed by atoms with van der Waals surface area (Å²) in [4.78, 5) is 15.3. The molecule has 2 saturated heterocycles. The number of benzene rings is 2. The molecule has 4 rings (SSSR count). The highest BCUT2D eigenvalue weighted by atomic mass is 16.3. The Morgan fingerprint density at radius 1 is 1.12 bits per heavy atom. The third-order valence-corrected chi connectivity index (χ3v) is 5.61. The van der Waals surface area contributed by atoms with Crippen LogP contribution in [-0.4, -0.2) is 28.5 Å². The first-order chi connectivity index (χ1) is 12.2. The zero-order chi connectivity index (χ0) is 17.2. The van der Waals surface area contributed by atoms with Crippen molar-refractivity contribution in [1.29, 1.82) is 0 Å². The Balaban J connectivity index is 1.44. The summed E-state index contributed by atoms with van der Waals surface area (Å²) in [6.07, 6.45) is 3.19. The zero-order valence-electron chi connectivity index (χ0n) is 14.3. The van der Waals surface area contributed by atoms with Crippen molar-refractivity contribution in [1.82, 2.24) is 10.2 Å². The van der Waals surface area contributed by atoms with Crippen molar-refractivity contribution in [2.45, 2.75) is 37.9 Å². The summed E-state index contributed by atoms with van der Waals surface area (Å²) in [7, 11) is 0. The van der Waals surface area contributed by atoms with Crippen molar-refractivity contribution in [3.63, 3.8) is 0 Å². The quantitative estimate of drug-likeness (QED) is 0.901. The van der Waals surface area contributed by atoms with Crippen LogP contribution in [0.15, 0.2) is 54.6 Å². The molecule has 2 fully saturated rings. The van der Waals surface area contributed by atoms with E-state index in [4.69, 9.17) is 0 Å². The molecule has 0 aliphatic carbocycles. The molecule has 25 heavy (non-hydrogen) atoms. The number of amides is 1. The van der Waals surface area contributed by atoms with Gasteiger partial charge in [0, 0.05) is 18.6 Å². The van der Waals surface area contributed by atoms with E-state index in [2.05, 4.69) is 34.5 Å².